The SMILES string of the molecule is CS(=O)(=O)c1ccc(N2CCN(c3ccnc4cc(Cl)ccc34)CC2)c([N+](=O)[O-])c1. The number of hydrogen-bond acceptors (Lipinski definition) is 7. The van der Waals surface area contributed by atoms with Gasteiger partial charge in [-0.25, -0.2) is 8.42 Å². The monoisotopic (exact) mass is 446 g/mol. The van der Waals surface area contributed by atoms with E-state index in [1.165, 1.54) is 12.1 Å². The van der Waals surface area contributed by atoms with Crippen LogP contribution in [0.3, 0.4) is 0 Å². The molecule has 0 N–H and O–H groups in total. The quantitative estimate of drug-likeness (QED) is 0.446. The first-order valence-corrected chi connectivity index (χ1v) is 11.5. The van der Waals surface area contributed by atoms with E-state index in [0.717, 1.165) is 28.9 Å². The van der Waals surface area contributed by atoms with E-state index in [1.807, 2.05) is 29.2 Å². The molecule has 4 rings (SSSR count). The Morgan fingerprint density at radius 3 is 2.30 bits per heavy atom. The maximum atomic E-state index is 11.8. The highest BCUT2D eigenvalue weighted by Gasteiger charge is 2.26. The third kappa shape index (κ3) is 3.90. The summed E-state index contributed by atoms with van der Waals surface area (Å²) in [6.07, 6.45) is 2.78. The summed E-state index contributed by atoms with van der Waals surface area (Å²) < 4.78 is 23.5. The van der Waals surface area contributed by atoms with Crippen LogP contribution < -0.4 is 9.80 Å². The van der Waals surface area contributed by atoms with Crippen LogP contribution in [0.1, 0.15) is 0 Å². The predicted molar refractivity (Wildman–Crippen MR) is 117 cm³/mol. The second kappa shape index (κ2) is 7.73. The zero-order chi connectivity index (χ0) is 21.5. The van der Waals surface area contributed by atoms with E-state index in [9.17, 15) is 18.5 Å². The fourth-order valence-electron chi connectivity index (χ4n) is 3.72. The molecule has 0 spiro atoms. The van der Waals surface area contributed by atoms with Crippen LogP contribution in [0, 0.1) is 10.1 Å². The van der Waals surface area contributed by atoms with Gasteiger partial charge in [-0.05, 0) is 36.4 Å². The van der Waals surface area contributed by atoms with Crippen LogP contribution in [0.15, 0.2) is 53.6 Å². The lowest BCUT2D eigenvalue weighted by Gasteiger charge is -2.37. The molecule has 0 aliphatic carbocycles. The molecule has 0 atom stereocenters. The fraction of sp³-hybridized carbons (Fsp3) is 0.250. The lowest BCUT2D eigenvalue weighted by Crippen LogP contribution is -2.46. The minimum atomic E-state index is -3.52. The number of fused-ring (bicyclic) bond motifs is 1. The van der Waals surface area contributed by atoms with Crippen molar-refractivity contribution in [2.75, 3.05) is 42.2 Å². The lowest BCUT2D eigenvalue weighted by atomic mass is 10.1. The number of hydrogen-bond donors (Lipinski definition) is 0. The molecule has 1 aliphatic rings. The number of rotatable bonds is 4. The van der Waals surface area contributed by atoms with E-state index >= 15 is 0 Å². The number of halogens is 1. The molecule has 10 heteroatoms. The molecule has 156 valence electrons. The van der Waals surface area contributed by atoms with Gasteiger partial charge in [-0.1, -0.05) is 11.6 Å². The Morgan fingerprint density at radius 2 is 1.67 bits per heavy atom. The number of sulfone groups is 1. The zero-order valence-corrected chi connectivity index (χ0v) is 17.7. The van der Waals surface area contributed by atoms with Gasteiger partial charge in [0.1, 0.15) is 5.69 Å². The first kappa shape index (κ1) is 20.4. The van der Waals surface area contributed by atoms with Crippen LogP contribution in [-0.2, 0) is 9.84 Å². The summed E-state index contributed by atoms with van der Waals surface area (Å²) in [6.45, 7) is 2.45. The number of benzene rings is 2. The number of nitro benzene ring substituents is 1. The third-order valence-corrected chi connectivity index (χ3v) is 6.56. The number of nitrogens with zero attached hydrogens (tertiary/aromatic N) is 4. The zero-order valence-electron chi connectivity index (χ0n) is 16.2. The molecule has 1 saturated heterocycles. The lowest BCUT2D eigenvalue weighted by molar-refractivity contribution is -0.384. The molecular formula is C20H19ClN4O4S. The van der Waals surface area contributed by atoms with Gasteiger partial charge in [0, 0.05) is 60.8 Å². The van der Waals surface area contributed by atoms with Gasteiger partial charge in [-0.3, -0.25) is 15.1 Å². The summed E-state index contributed by atoms with van der Waals surface area (Å²) in [5.41, 5.74) is 2.08. The average molecular weight is 447 g/mol. The van der Waals surface area contributed by atoms with Crippen LogP contribution in [0.25, 0.3) is 10.9 Å². The van der Waals surface area contributed by atoms with E-state index in [0.29, 0.717) is 36.9 Å². The van der Waals surface area contributed by atoms with Crippen LogP contribution in [0.2, 0.25) is 5.02 Å². The fourth-order valence-corrected chi connectivity index (χ4v) is 4.52. The summed E-state index contributed by atoms with van der Waals surface area (Å²) in [5, 5.41) is 13.2. The van der Waals surface area contributed by atoms with Crippen molar-refractivity contribution in [3.05, 3.63) is 63.8 Å². The van der Waals surface area contributed by atoms with E-state index in [2.05, 4.69) is 9.88 Å². The topological polar surface area (TPSA) is 96.7 Å². The van der Waals surface area contributed by atoms with E-state index < -0.39 is 14.8 Å². The molecule has 1 aromatic heterocycles. The van der Waals surface area contributed by atoms with Crippen LogP contribution in [0.5, 0.6) is 0 Å². The summed E-state index contributed by atoms with van der Waals surface area (Å²) in [5.74, 6) is 0. The van der Waals surface area contributed by atoms with Crippen LogP contribution in [-0.4, -0.2) is 50.8 Å². The van der Waals surface area contributed by atoms with Gasteiger partial charge in [0.05, 0.1) is 15.3 Å². The van der Waals surface area contributed by atoms with Gasteiger partial charge in [0.25, 0.3) is 5.69 Å². The molecule has 0 amide bonds. The molecule has 30 heavy (non-hydrogen) atoms. The first-order chi connectivity index (χ1) is 14.2. The third-order valence-electron chi connectivity index (χ3n) is 5.21. The van der Waals surface area contributed by atoms with Crippen LogP contribution >= 0.6 is 11.6 Å². The molecule has 2 aromatic carbocycles. The van der Waals surface area contributed by atoms with Crippen molar-refractivity contribution >= 4 is 49.4 Å². The molecule has 2 heterocycles. The number of anilines is 2. The van der Waals surface area contributed by atoms with Crippen molar-refractivity contribution < 1.29 is 13.3 Å². The summed E-state index contributed by atoms with van der Waals surface area (Å²) in [4.78, 5) is 19.5. The molecule has 1 fully saturated rings. The molecule has 8 nitrogen and oxygen atoms in total. The average Bonchev–Trinajstić information content (AvgIpc) is 2.72. The Morgan fingerprint density at radius 1 is 1.00 bits per heavy atom. The molecule has 1 aliphatic heterocycles. The standard InChI is InChI=1S/C20H19ClN4O4S/c1-30(28,29)15-3-5-19(20(13-15)25(26)27)24-10-8-23(9-11-24)18-6-7-22-17-12-14(21)2-4-16(17)18/h2-7,12-13H,8-11H2,1H3. The number of aromatic nitrogens is 1. The van der Waals surface area contributed by atoms with Gasteiger partial charge >= 0.3 is 0 Å². The predicted octanol–water partition coefficient (Wildman–Crippen LogP) is 3.53. The maximum absolute atomic E-state index is 11.8. The minimum Gasteiger partial charge on any atom is -0.367 e. The Bertz CT molecular complexity index is 1240. The Kier molecular flexibility index (Phi) is 5.25. The van der Waals surface area contributed by atoms with Gasteiger partial charge in [0.15, 0.2) is 9.84 Å². The van der Waals surface area contributed by atoms with E-state index in [1.54, 1.807) is 6.20 Å². The van der Waals surface area contributed by atoms with Crippen LogP contribution in [0.4, 0.5) is 17.1 Å². The molecule has 3 aromatic rings. The summed E-state index contributed by atoms with van der Waals surface area (Å²) in [7, 11) is -3.52. The molecular weight excluding hydrogens is 428 g/mol. The van der Waals surface area contributed by atoms with Gasteiger partial charge in [-0.2, -0.15) is 0 Å². The smallest absolute Gasteiger partial charge is 0.293 e. The van der Waals surface area contributed by atoms with Crippen molar-refractivity contribution in [2.24, 2.45) is 0 Å². The summed E-state index contributed by atoms with van der Waals surface area (Å²) in [6, 6.07) is 11.6. The maximum Gasteiger partial charge on any atom is 0.293 e. The molecule has 0 radical (unpaired) electrons. The van der Waals surface area contributed by atoms with Gasteiger partial charge < -0.3 is 9.80 Å². The minimum absolute atomic E-state index is 0.0569. The number of pyridine rings is 1. The van der Waals surface area contributed by atoms with Crippen molar-refractivity contribution in [1.29, 1.82) is 0 Å². The van der Waals surface area contributed by atoms with Crippen molar-refractivity contribution in [3.63, 3.8) is 0 Å². The molecule has 0 bridgehead atoms. The number of nitro groups is 1. The Hall–Kier alpha value is -2.91. The highest BCUT2D eigenvalue weighted by molar-refractivity contribution is 7.90. The highest BCUT2D eigenvalue weighted by Crippen LogP contribution is 2.33. The van der Waals surface area contributed by atoms with Gasteiger partial charge in [0.2, 0.25) is 0 Å². The second-order valence-corrected chi connectivity index (χ2v) is 9.60. The van der Waals surface area contributed by atoms with Crippen molar-refractivity contribution in [1.82, 2.24) is 4.98 Å². The second-order valence-electron chi connectivity index (χ2n) is 7.15. The van der Waals surface area contributed by atoms with E-state index in [-0.39, 0.29) is 10.6 Å². The Labute approximate surface area is 178 Å². The summed E-state index contributed by atoms with van der Waals surface area (Å²) >= 11 is 6.07. The number of piperazine rings is 1. The van der Waals surface area contributed by atoms with E-state index in [4.69, 9.17) is 11.6 Å². The largest absolute Gasteiger partial charge is 0.367 e. The van der Waals surface area contributed by atoms with Gasteiger partial charge in [-0.15, -0.1) is 0 Å². The normalized spacial score (nSPS) is 14.9. The van der Waals surface area contributed by atoms with Crippen molar-refractivity contribution in [3.8, 4) is 0 Å². The highest BCUT2D eigenvalue weighted by atomic mass is 35.5. The van der Waals surface area contributed by atoms with Crippen molar-refractivity contribution in [2.45, 2.75) is 4.90 Å². The molecule has 0 unspecified atom stereocenters. The first-order valence-electron chi connectivity index (χ1n) is 9.27. The Balaban J connectivity index is 1.59. The molecule has 0 saturated carbocycles.